The van der Waals surface area contributed by atoms with Crippen LogP contribution >= 0.6 is 35.0 Å². The zero-order valence-corrected chi connectivity index (χ0v) is 22.5. The van der Waals surface area contributed by atoms with Gasteiger partial charge in [-0.2, -0.15) is 0 Å². The quantitative estimate of drug-likeness (QED) is 0.238. The zero-order chi connectivity index (χ0) is 26.2. The molecule has 3 aromatic rings. The molecule has 0 aliphatic heterocycles. The highest BCUT2D eigenvalue weighted by molar-refractivity contribution is 7.99. The smallest absolute Gasteiger partial charge is 0.251 e. The number of halogens is 2. The van der Waals surface area contributed by atoms with Gasteiger partial charge in [-0.25, -0.2) is 0 Å². The maximum absolute atomic E-state index is 12.9. The number of ether oxygens (including phenoxy) is 1. The van der Waals surface area contributed by atoms with Crippen LogP contribution in [0.1, 0.15) is 36.1 Å². The van der Waals surface area contributed by atoms with E-state index < -0.39 is 6.04 Å². The third-order valence-electron chi connectivity index (χ3n) is 5.20. The average Bonchev–Trinajstić information content (AvgIpc) is 3.26. The predicted molar refractivity (Wildman–Crippen MR) is 144 cm³/mol. The van der Waals surface area contributed by atoms with Crippen molar-refractivity contribution >= 4 is 52.5 Å². The molecule has 0 radical (unpaired) electrons. The number of carbonyl (C=O) groups excluding carboxylic acids is 2. The molecule has 8 nitrogen and oxygen atoms in total. The Morgan fingerprint density at radius 1 is 1.17 bits per heavy atom. The van der Waals surface area contributed by atoms with E-state index in [2.05, 4.69) is 27.4 Å². The number of hydrogen-bond donors (Lipinski definition) is 2. The largest absolute Gasteiger partial charge is 0.497 e. The third-order valence-corrected chi connectivity index (χ3v) is 6.98. The van der Waals surface area contributed by atoms with E-state index in [-0.39, 0.29) is 28.5 Å². The molecule has 0 fully saturated rings. The fraction of sp³-hybridized carbons (Fsp3) is 0.280. The number of methoxy groups -OCH3 is 1. The van der Waals surface area contributed by atoms with Crippen molar-refractivity contribution in [3.63, 3.8) is 0 Å². The Morgan fingerprint density at radius 3 is 2.53 bits per heavy atom. The Kier molecular flexibility index (Phi) is 9.81. The van der Waals surface area contributed by atoms with Crippen LogP contribution in [0.25, 0.3) is 0 Å². The van der Waals surface area contributed by atoms with Crippen molar-refractivity contribution in [2.45, 2.75) is 31.6 Å². The van der Waals surface area contributed by atoms with Gasteiger partial charge >= 0.3 is 0 Å². The van der Waals surface area contributed by atoms with Gasteiger partial charge in [0.2, 0.25) is 5.91 Å². The average molecular weight is 548 g/mol. The molecule has 1 aromatic heterocycles. The van der Waals surface area contributed by atoms with Gasteiger partial charge < -0.3 is 19.9 Å². The van der Waals surface area contributed by atoms with Crippen molar-refractivity contribution in [2.24, 2.45) is 5.92 Å². The van der Waals surface area contributed by atoms with E-state index in [1.54, 1.807) is 55.7 Å². The van der Waals surface area contributed by atoms with Crippen LogP contribution < -0.4 is 15.4 Å². The summed E-state index contributed by atoms with van der Waals surface area (Å²) in [6.07, 6.45) is 1.71. The molecule has 2 N–H and O–H groups in total. The minimum absolute atomic E-state index is 0.0195. The highest BCUT2D eigenvalue weighted by atomic mass is 35.5. The first-order valence-corrected chi connectivity index (χ1v) is 12.8. The van der Waals surface area contributed by atoms with Gasteiger partial charge in [0.05, 0.1) is 34.6 Å². The monoisotopic (exact) mass is 547 g/mol. The van der Waals surface area contributed by atoms with Crippen LogP contribution in [0.4, 0.5) is 5.69 Å². The van der Waals surface area contributed by atoms with Crippen LogP contribution in [0.2, 0.25) is 10.0 Å². The van der Waals surface area contributed by atoms with Gasteiger partial charge in [0.25, 0.3) is 5.91 Å². The maximum Gasteiger partial charge on any atom is 0.251 e. The highest BCUT2D eigenvalue weighted by Gasteiger charge is 2.26. The van der Waals surface area contributed by atoms with Crippen LogP contribution in [0, 0.1) is 5.92 Å². The summed E-state index contributed by atoms with van der Waals surface area (Å²) in [4.78, 5) is 25.5. The van der Waals surface area contributed by atoms with Crippen molar-refractivity contribution in [2.75, 3.05) is 18.2 Å². The van der Waals surface area contributed by atoms with Gasteiger partial charge in [0.15, 0.2) is 11.0 Å². The van der Waals surface area contributed by atoms with Crippen LogP contribution in [0.15, 0.2) is 60.3 Å². The number of anilines is 1. The molecule has 36 heavy (non-hydrogen) atoms. The Morgan fingerprint density at radius 2 is 1.89 bits per heavy atom. The minimum atomic E-state index is -0.416. The summed E-state index contributed by atoms with van der Waals surface area (Å²) in [5.41, 5.74) is 0.936. The predicted octanol–water partition coefficient (Wildman–Crippen LogP) is 5.64. The second kappa shape index (κ2) is 12.8. The lowest BCUT2D eigenvalue weighted by atomic mass is 10.0. The molecule has 0 unspecified atom stereocenters. The molecule has 0 aliphatic carbocycles. The number of benzene rings is 2. The second-order valence-corrected chi connectivity index (χ2v) is 9.83. The summed E-state index contributed by atoms with van der Waals surface area (Å²) in [7, 11) is 1.57. The van der Waals surface area contributed by atoms with E-state index in [1.807, 2.05) is 18.4 Å². The molecule has 0 saturated heterocycles. The van der Waals surface area contributed by atoms with Crippen LogP contribution in [-0.4, -0.2) is 39.4 Å². The van der Waals surface area contributed by atoms with E-state index in [0.717, 1.165) is 0 Å². The van der Waals surface area contributed by atoms with Crippen molar-refractivity contribution < 1.29 is 14.3 Å². The second-order valence-electron chi connectivity index (χ2n) is 8.10. The lowest BCUT2D eigenvalue weighted by molar-refractivity contribution is -0.113. The first kappa shape index (κ1) is 27.6. The molecule has 2 aromatic carbocycles. The number of nitrogens with one attached hydrogen (secondary N) is 2. The third kappa shape index (κ3) is 6.81. The molecule has 0 spiro atoms. The van der Waals surface area contributed by atoms with Crippen molar-refractivity contribution in [1.82, 2.24) is 20.1 Å². The van der Waals surface area contributed by atoms with Crippen molar-refractivity contribution in [3.05, 3.63) is 76.6 Å². The number of carbonyl (C=O) groups is 2. The van der Waals surface area contributed by atoms with Gasteiger partial charge in [-0.1, -0.05) is 61.0 Å². The first-order chi connectivity index (χ1) is 17.2. The normalized spacial score (nSPS) is 11.7. The summed E-state index contributed by atoms with van der Waals surface area (Å²) in [5.74, 6) is 0.825. The number of amides is 2. The topological polar surface area (TPSA) is 98.1 Å². The van der Waals surface area contributed by atoms with Gasteiger partial charge in [-0.05, 0) is 42.3 Å². The molecule has 1 atom stereocenters. The lowest BCUT2D eigenvalue weighted by Crippen LogP contribution is -2.33. The lowest BCUT2D eigenvalue weighted by Gasteiger charge is -2.22. The van der Waals surface area contributed by atoms with Crippen LogP contribution in [0.5, 0.6) is 5.75 Å². The molecule has 0 saturated carbocycles. The van der Waals surface area contributed by atoms with E-state index >= 15 is 0 Å². The summed E-state index contributed by atoms with van der Waals surface area (Å²) in [6.45, 7) is 8.21. The molecule has 1 heterocycles. The van der Waals surface area contributed by atoms with Gasteiger partial charge in [0.1, 0.15) is 5.75 Å². The van der Waals surface area contributed by atoms with Crippen molar-refractivity contribution in [3.8, 4) is 5.75 Å². The molecule has 0 aliphatic rings. The summed E-state index contributed by atoms with van der Waals surface area (Å²) in [5, 5.41) is 15.6. The maximum atomic E-state index is 12.9. The molecule has 0 bridgehead atoms. The number of rotatable bonds is 11. The number of nitrogens with zero attached hydrogens (tertiary/aromatic N) is 3. The van der Waals surface area contributed by atoms with E-state index in [1.165, 1.54) is 11.8 Å². The number of thioether (sulfide) groups is 1. The fourth-order valence-electron chi connectivity index (χ4n) is 3.35. The molecule has 2 amide bonds. The van der Waals surface area contributed by atoms with Gasteiger partial charge in [-0.15, -0.1) is 16.8 Å². The highest BCUT2D eigenvalue weighted by Crippen LogP contribution is 2.30. The molecule has 3 rings (SSSR count). The van der Waals surface area contributed by atoms with Crippen LogP contribution in [0.3, 0.4) is 0 Å². The molecule has 11 heteroatoms. The minimum Gasteiger partial charge on any atom is -0.497 e. The molecular formula is C25H27Cl2N5O3S. The first-order valence-electron chi connectivity index (χ1n) is 11.1. The number of aromatic nitrogens is 3. The Labute approximate surface area is 224 Å². The number of hydrogen-bond acceptors (Lipinski definition) is 6. The Bertz CT molecular complexity index is 1230. The van der Waals surface area contributed by atoms with E-state index in [9.17, 15) is 9.59 Å². The Balaban J connectivity index is 1.75. The van der Waals surface area contributed by atoms with E-state index in [0.29, 0.717) is 39.5 Å². The van der Waals surface area contributed by atoms with E-state index in [4.69, 9.17) is 27.9 Å². The van der Waals surface area contributed by atoms with Crippen molar-refractivity contribution in [1.29, 1.82) is 0 Å². The molecular weight excluding hydrogens is 521 g/mol. The Hall–Kier alpha value is -3.01. The summed E-state index contributed by atoms with van der Waals surface area (Å²) in [6, 6.07) is 11.5. The standard InChI is InChI=1S/C25H27Cl2N5O3S/c1-5-13-32-23(22(15(2)3)29-24(34)16-9-11-17(35-4)12-10-16)30-31-25(32)36-14-20(33)28-19-8-6-7-18(26)21(19)27/h5-12,15,22H,1,13-14H2,2-4H3,(H,28,33)(H,29,34)/t22-/m1/s1. The zero-order valence-electron chi connectivity index (χ0n) is 20.1. The SMILES string of the molecule is C=CCn1c(SCC(=O)Nc2cccc(Cl)c2Cl)nnc1[C@H](NC(=O)c1ccc(OC)cc1)C(C)C. The van der Waals surface area contributed by atoms with Gasteiger partial charge in [-0.3, -0.25) is 9.59 Å². The fourth-order valence-corrected chi connectivity index (χ4v) is 4.45. The van der Waals surface area contributed by atoms with Gasteiger partial charge in [0, 0.05) is 12.1 Å². The van der Waals surface area contributed by atoms with Crippen LogP contribution in [-0.2, 0) is 11.3 Å². The molecule has 190 valence electrons. The number of allylic oxidation sites excluding steroid dienone is 1. The summed E-state index contributed by atoms with van der Waals surface area (Å²) >= 11 is 13.4. The summed E-state index contributed by atoms with van der Waals surface area (Å²) < 4.78 is 7.00.